The standard InChI is InChI=1S/C42H27N/c1-2-14-31(29-23-24-37-35-17-4-3-15-33(35)34-16-5-6-18-36(34)40(37)26-29)30(13-1)27-11-9-12-28(25-27)32-20-10-21-39-38-19-7-8-22-41(38)43-42(32)39/h1-26,43H. The van der Waals surface area contributed by atoms with E-state index in [0.717, 1.165) is 0 Å². The molecule has 9 aromatic rings. The second-order valence-corrected chi connectivity index (χ2v) is 11.4. The molecule has 1 N–H and O–H groups in total. The van der Waals surface area contributed by atoms with Crippen molar-refractivity contribution in [3.05, 3.63) is 158 Å². The summed E-state index contributed by atoms with van der Waals surface area (Å²) >= 11 is 0. The van der Waals surface area contributed by atoms with E-state index in [1.807, 2.05) is 0 Å². The van der Waals surface area contributed by atoms with Gasteiger partial charge in [-0.15, -0.1) is 0 Å². The summed E-state index contributed by atoms with van der Waals surface area (Å²) in [5.41, 5.74) is 9.69. The fourth-order valence-electron chi connectivity index (χ4n) is 7.03. The Morgan fingerprint density at radius 2 is 0.744 bits per heavy atom. The third-order valence-corrected chi connectivity index (χ3v) is 9.01. The minimum atomic E-state index is 1.17. The Kier molecular flexibility index (Phi) is 5.27. The van der Waals surface area contributed by atoms with Gasteiger partial charge in [0, 0.05) is 21.9 Å². The summed E-state index contributed by atoms with van der Waals surface area (Å²) in [6, 6.07) is 57.5. The number of para-hydroxylation sites is 2. The Hall–Kier alpha value is -5.66. The predicted molar refractivity (Wildman–Crippen MR) is 185 cm³/mol. The molecule has 0 aliphatic carbocycles. The van der Waals surface area contributed by atoms with Crippen LogP contribution in [0.5, 0.6) is 0 Å². The molecule has 1 heteroatoms. The van der Waals surface area contributed by atoms with Gasteiger partial charge in [-0.05, 0) is 78.3 Å². The Balaban J connectivity index is 1.23. The van der Waals surface area contributed by atoms with Crippen molar-refractivity contribution in [1.29, 1.82) is 0 Å². The van der Waals surface area contributed by atoms with Gasteiger partial charge in [-0.3, -0.25) is 0 Å². The molecule has 0 fully saturated rings. The van der Waals surface area contributed by atoms with Crippen molar-refractivity contribution < 1.29 is 0 Å². The lowest BCUT2D eigenvalue weighted by molar-refractivity contribution is 1.53. The van der Waals surface area contributed by atoms with Crippen molar-refractivity contribution in [3.63, 3.8) is 0 Å². The Morgan fingerprint density at radius 1 is 0.279 bits per heavy atom. The van der Waals surface area contributed by atoms with E-state index in [0.29, 0.717) is 0 Å². The Labute approximate surface area is 249 Å². The molecule has 0 bridgehead atoms. The molecular formula is C42H27N. The van der Waals surface area contributed by atoms with Crippen LogP contribution in [-0.4, -0.2) is 4.98 Å². The van der Waals surface area contributed by atoms with Gasteiger partial charge in [0.05, 0.1) is 5.52 Å². The van der Waals surface area contributed by atoms with Gasteiger partial charge >= 0.3 is 0 Å². The van der Waals surface area contributed by atoms with Crippen LogP contribution >= 0.6 is 0 Å². The van der Waals surface area contributed by atoms with Crippen LogP contribution in [0, 0.1) is 0 Å². The molecule has 8 aromatic carbocycles. The molecule has 0 aliphatic heterocycles. The molecule has 0 amide bonds. The molecule has 0 atom stereocenters. The summed E-state index contributed by atoms with van der Waals surface area (Å²) in [6.45, 7) is 0. The molecule has 0 unspecified atom stereocenters. The van der Waals surface area contributed by atoms with E-state index in [4.69, 9.17) is 0 Å². The highest BCUT2D eigenvalue weighted by Gasteiger charge is 2.14. The molecule has 1 aromatic heterocycles. The fraction of sp³-hybridized carbons (Fsp3) is 0. The highest BCUT2D eigenvalue weighted by Crippen LogP contribution is 2.40. The van der Waals surface area contributed by atoms with E-state index in [-0.39, 0.29) is 0 Å². The molecule has 43 heavy (non-hydrogen) atoms. The first-order chi connectivity index (χ1) is 21.3. The predicted octanol–water partition coefficient (Wildman–Crippen LogP) is 11.8. The first-order valence-corrected chi connectivity index (χ1v) is 14.9. The zero-order valence-corrected chi connectivity index (χ0v) is 23.5. The van der Waals surface area contributed by atoms with E-state index in [9.17, 15) is 0 Å². The van der Waals surface area contributed by atoms with Crippen molar-refractivity contribution in [3.8, 4) is 33.4 Å². The number of benzene rings is 8. The summed E-state index contributed by atoms with van der Waals surface area (Å²) in [5.74, 6) is 0. The topological polar surface area (TPSA) is 15.8 Å². The molecular weight excluding hydrogens is 518 g/mol. The second kappa shape index (κ2) is 9.44. The first-order valence-electron chi connectivity index (χ1n) is 14.9. The maximum Gasteiger partial charge on any atom is 0.0544 e. The quantitative estimate of drug-likeness (QED) is 0.213. The summed E-state index contributed by atoms with van der Waals surface area (Å²) in [6.07, 6.45) is 0. The maximum absolute atomic E-state index is 3.69. The summed E-state index contributed by atoms with van der Waals surface area (Å²) in [5, 5.41) is 10.3. The molecule has 0 saturated heterocycles. The van der Waals surface area contributed by atoms with Gasteiger partial charge < -0.3 is 4.98 Å². The van der Waals surface area contributed by atoms with Crippen LogP contribution in [0.3, 0.4) is 0 Å². The number of aromatic nitrogens is 1. The number of fused-ring (bicyclic) bond motifs is 9. The van der Waals surface area contributed by atoms with Crippen molar-refractivity contribution in [2.45, 2.75) is 0 Å². The van der Waals surface area contributed by atoms with Crippen molar-refractivity contribution in [1.82, 2.24) is 4.98 Å². The summed E-state index contributed by atoms with van der Waals surface area (Å²) in [4.78, 5) is 3.69. The lowest BCUT2D eigenvalue weighted by atomic mass is 9.89. The summed E-state index contributed by atoms with van der Waals surface area (Å²) < 4.78 is 0. The van der Waals surface area contributed by atoms with Crippen LogP contribution in [0.4, 0.5) is 0 Å². The number of H-pyrrole nitrogens is 1. The van der Waals surface area contributed by atoms with Crippen LogP contribution < -0.4 is 0 Å². The van der Waals surface area contributed by atoms with Crippen LogP contribution in [0.1, 0.15) is 0 Å². The molecule has 1 nitrogen and oxygen atoms in total. The van der Waals surface area contributed by atoms with Crippen molar-refractivity contribution in [2.75, 3.05) is 0 Å². The normalized spacial score (nSPS) is 11.7. The zero-order valence-electron chi connectivity index (χ0n) is 23.5. The third kappa shape index (κ3) is 3.72. The number of aromatic amines is 1. The molecule has 0 saturated carbocycles. The van der Waals surface area contributed by atoms with E-state index >= 15 is 0 Å². The lowest BCUT2D eigenvalue weighted by Gasteiger charge is -2.15. The molecule has 1 heterocycles. The van der Waals surface area contributed by atoms with Crippen LogP contribution in [0.25, 0.3) is 87.5 Å². The highest BCUT2D eigenvalue weighted by molar-refractivity contribution is 6.25. The molecule has 0 aliphatic rings. The number of hydrogen-bond donors (Lipinski definition) is 1. The van der Waals surface area contributed by atoms with E-state index in [1.54, 1.807) is 0 Å². The Bertz CT molecular complexity index is 2480. The average molecular weight is 546 g/mol. The van der Waals surface area contributed by atoms with Crippen LogP contribution in [0.2, 0.25) is 0 Å². The molecule has 0 radical (unpaired) electrons. The van der Waals surface area contributed by atoms with Crippen molar-refractivity contribution >= 4 is 54.1 Å². The third-order valence-electron chi connectivity index (χ3n) is 9.01. The minimum absolute atomic E-state index is 1.17. The van der Waals surface area contributed by atoms with Gasteiger partial charge in [-0.1, -0.05) is 140 Å². The lowest BCUT2D eigenvalue weighted by Crippen LogP contribution is -1.88. The van der Waals surface area contributed by atoms with Gasteiger partial charge in [-0.25, -0.2) is 0 Å². The Morgan fingerprint density at radius 3 is 1.44 bits per heavy atom. The van der Waals surface area contributed by atoms with E-state index < -0.39 is 0 Å². The molecule has 200 valence electrons. The van der Waals surface area contributed by atoms with E-state index in [1.165, 1.54) is 87.5 Å². The molecule has 9 rings (SSSR count). The van der Waals surface area contributed by atoms with Gasteiger partial charge in [0.25, 0.3) is 0 Å². The summed E-state index contributed by atoms with van der Waals surface area (Å²) in [7, 11) is 0. The van der Waals surface area contributed by atoms with E-state index in [2.05, 4.69) is 163 Å². The smallest absolute Gasteiger partial charge is 0.0544 e. The SMILES string of the molecule is c1cc(-c2ccccc2-c2ccc3c4ccccc4c4ccccc4c3c2)cc(-c2cccc3c2[nH]c2ccccc23)c1. The zero-order chi connectivity index (χ0) is 28.3. The first kappa shape index (κ1) is 24.0. The molecule has 0 spiro atoms. The average Bonchev–Trinajstić information content (AvgIpc) is 3.47. The maximum atomic E-state index is 3.69. The monoisotopic (exact) mass is 545 g/mol. The van der Waals surface area contributed by atoms with Gasteiger partial charge in [0.15, 0.2) is 0 Å². The van der Waals surface area contributed by atoms with Crippen LogP contribution in [-0.2, 0) is 0 Å². The fourth-order valence-corrected chi connectivity index (χ4v) is 7.03. The minimum Gasteiger partial charge on any atom is -0.354 e. The van der Waals surface area contributed by atoms with Gasteiger partial charge in [0.2, 0.25) is 0 Å². The number of rotatable bonds is 3. The largest absolute Gasteiger partial charge is 0.354 e. The van der Waals surface area contributed by atoms with Gasteiger partial charge in [-0.2, -0.15) is 0 Å². The number of hydrogen-bond acceptors (Lipinski definition) is 0. The second-order valence-electron chi connectivity index (χ2n) is 11.4. The van der Waals surface area contributed by atoms with Gasteiger partial charge in [0.1, 0.15) is 0 Å². The van der Waals surface area contributed by atoms with Crippen LogP contribution in [0.15, 0.2) is 158 Å². The highest BCUT2D eigenvalue weighted by atomic mass is 14.7. The number of nitrogens with one attached hydrogen (secondary N) is 1. The van der Waals surface area contributed by atoms with Crippen molar-refractivity contribution in [2.24, 2.45) is 0 Å².